The number of aldehydes is 1. The van der Waals surface area contributed by atoms with Gasteiger partial charge in [-0.25, -0.2) is 4.79 Å². The van der Waals surface area contributed by atoms with E-state index in [1.54, 1.807) is 19.1 Å². The summed E-state index contributed by atoms with van der Waals surface area (Å²) in [5.74, 6) is -1.27. The molecule has 3 N–H and O–H groups in total. The molecule has 3 aromatic rings. The van der Waals surface area contributed by atoms with E-state index in [0.29, 0.717) is 0 Å². The van der Waals surface area contributed by atoms with Gasteiger partial charge in [0.1, 0.15) is 0 Å². The van der Waals surface area contributed by atoms with Crippen molar-refractivity contribution in [3.63, 3.8) is 0 Å². The quantitative estimate of drug-likeness (QED) is 0.402. The Hall–Kier alpha value is -4.19. The van der Waals surface area contributed by atoms with Crippen LogP contribution in [0, 0.1) is 5.41 Å². The minimum atomic E-state index is -0.996. The molecule has 0 radical (unpaired) electrons. The summed E-state index contributed by atoms with van der Waals surface area (Å²) in [6.07, 6.45) is 5.89. The highest BCUT2D eigenvalue weighted by atomic mass is 16.4. The Morgan fingerprint density at radius 2 is 1.66 bits per heavy atom. The smallest absolute Gasteiger partial charge is 0.331 e. The Morgan fingerprint density at radius 3 is 2.38 bits per heavy atom. The summed E-state index contributed by atoms with van der Waals surface area (Å²) in [6, 6.07) is 22.8. The van der Waals surface area contributed by atoms with Crippen molar-refractivity contribution in [2.45, 2.75) is 13.3 Å². The fourth-order valence-corrected chi connectivity index (χ4v) is 3.34. The van der Waals surface area contributed by atoms with Gasteiger partial charge in [0.05, 0.1) is 11.1 Å². The average Bonchev–Trinajstić information content (AvgIpc) is 2.83. The zero-order valence-corrected chi connectivity index (χ0v) is 17.6. The first-order valence-electron chi connectivity index (χ1n) is 10.1. The maximum Gasteiger partial charge on any atom is 0.331 e. The van der Waals surface area contributed by atoms with Crippen molar-refractivity contribution in [1.82, 2.24) is 5.43 Å². The number of carbonyl (C=O) groups is 3. The Kier molecular flexibility index (Phi) is 7.18. The van der Waals surface area contributed by atoms with Crippen molar-refractivity contribution >= 4 is 34.6 Å². The van der Waals surface area contributed by atoms with Crippen molar-refractivity contribution in [1.29, 1.82) is 0 Å². The van der Waals surface area contributed by atoms with Crippen LogP contribution >= 0.6 is 0 Å². The van der Waals surface area contributed by atoms with Crippen LogP contribution in [0.5, 0.6) is 0 Å². The SMILES string of the molecule is CC1(C(=O)NNc2ccccc2)C=CC=C(C(=O)O)C1.O=Cc1cccc2ccccc12. The van der Waals surface area contributed by atoms with Crippen molar-refractivity contribution in [3.8, 4) is 0 Å². The average molecular weight is 428 g/mol. The molecule has 32 heavy (non-hydrogen) atoms. The largest absolute Gasteiger partial charge is 0.478 e. The first-order valence-corrected chi connectivity index (χ1v) is 10.1. The summed E-state index contributed by atoms with van der Waals surface area (Å²) in [4.78, 5) is 33.8. The van der Waals surface area contributed by atoms with Crippen LogP contribution in [0.15, 0.2) is 96.6 Å². The van der Waals surface area contributed by atoms with Crippen molar-refractivity contribution < 1.29 is 19.5 Å². The standard InChI is InChI=1S/C15H16N2O3.C11H8O/c1-15(9-5-6-11(10-15)13(18)19)14(20)17-16-12-7-3-2-4-8-12;12-8-10-6-3-5-9-4-1-2-7-11(9)10/h2-9,16H,10H2,1H3,(H,17,20)(H,18,19);1-8H. The number of amides is 1. The number of carbonyl (C=O) groups excluding carboxylic acids is 2. The molecule has 0 aliphatic heterocycles. The van der Waals surface area contributed by atoms with E-state index >= 15 is 0 Å². The van der Waals surface area contributed by atoms with Gasteiger partial charge in [0.15, 0.2) is 6.29 Å². The number of para-hydroxylation sites is 1. The molecule has 0 saturated heterocycles. The molecular weight excluding hydrogens is 404 g/mol. The van der Waals surface area contributed by atoms with Gasteiger partial charge in [-0.1, -0.05) is 78.9 Å². The zero-order chi connectivity index (χ0) is 23.0. The fraction of sp³-hybridized carbons (Fsp3) is 0.115. The molecule has 0 saturated carbocycles. The molecule has 0 fully saturated rings. The van der Waals surface area contributed by atoms with Gasteiger partial charge < -0.3 is 5.11 Å². The van der Waals surface area contributed by atoms with Crippen LogP contribution < -0.4 is 10.9 Å². The molecule has 1 unspecified atom stereocenters. The van der Waals surface area contributed by atoms with E-state index in [0.717, 1.165) is 28.3 Å². The third-order valence-corrected chi connectivity index (χ3v) is 5.16. The molecular formula is C26H24N2O4. The number of anilines is 1. The molecule has 6 heteroatoms. The van der Waals surface area contributed by atoms with Gasteiger partial charge in [-0.3, -0.25) is 20.4 Å². The van der Waals surface area contributed by atoms with Gasteiger partial charge in [-0.15, -0.1) is 0 Å². The topological polar surface area (TPSA) is 95.5 Å². The van der Waals surface area contributed by atoms with Gasteiger partial charge in [0.2, 0.25) is 5.91 Å². The second kappa shape index (κ2) is 10.2. The predicted molar refractivity (Wildman–Crippen MR) is 125 cm³/mol. The van der Waals surface area contributed by atoms with E-state index in [-0.39, 0.29) is 17.9 Å². The molecule has 1 aliphatic carbocycles. The van der Waals surface area contributed by atoms with Gasteiger partial charge in [-0.2, -0.15) is 0 Å². The lowest BCUT2D eigenvalue weighted by Crippen LogP contribution is -2.42. The Morgan fingerprint density at radius 1 is 0.969 bits per heavy atom. The Balaban J connectivity index is 0.000000204. The number of hydrogen-bond donors (Lipinski definition) is 3. The Labute approximate surface area is 186 Å². The molecule has 0 aromatic heterocycles. The van der Waals surface area contributed by atoms with Gasteiger partial charge in [-0.05, 0) is 36.2 Å². The van der Waals surface area contributed by atoms with Crippen LogP contribution in [0.25, 0.3) is 10.8 Å². The van der Waals surface area contributed by atoms with E-state index < -0.39 is 11.4 Å². The fourth-order valence-electron chi connectivity index (χ4n) is 3.34. The van der Waals surface area contributed by atoms with Gasteiger partial charge in [0, 0.05) is 11.1 Å². The number of hydrogen-bond acceptors (Lipinski definition) is 4. The Bertz CT molecular complexity index is 1180. The van der Waals surface area contributed by atoms with Crippen molar-refractivity contribution in [2.24, 2.45) is 5.41 Å². The second-order valence-electron chi connectivity index (χ2n) is 7.58. The first kappa shape index (κ1) is 22.5. The molecule has 0 spiro atoms. The molecule has 1 atom stereocenters. The molecule has 162 valence electrons. The summed E-state index contributed by atoms with van der Waals surface area (Å²) >= 11 is 0. The molecule has 1 aliphatic rings. The van der Waals surface area contributed by atoms with E-state index in [4.69, 9.17) is 5.11 Å². The maximum absolute atomic E-state index is 12.2. The number of hydrazine groups is 1. The highest BCUT2D eigenvalue weighted by Gasteiger charge is 2.34. The number of carboxylic acids is 1. The molecule has 0 heterocycles. The number of benzene rings is 3. The third-order valence-electron chi connectivity index (χ3n) is 5.16. The summed E-state index contributed by atoms with van der Waals surface area (Å²) in [7, 11) is 0. The molecule has 4 rings (SSSR count). The number of fused-ring (bicyclic) bond motifs is 1. The molecule has 6 nitrogen and oxygen atoms in total. The lowest BCUT2D eigenvalue weighted by Gasteiger charge is -2.27. The monoisotopic (exact) mass is 428 g/mol. The van der Waals surface area contributed by atoms with Crippen molar-refractivity contribution in [2.75, 3.05) is 5.43 Å². The van der Waals surface area contributed by atoms with Crippen LogP contribution in [0.1, 0.15) is 23.7 Å². The second-order valence-corrected chi connectivity index (χ2v) is 7.58. The van der Waals surface area contributed by atoms with E-state index in [1.807, 2.05) is 72.8 Å². The highest BCUT2D eigenvalue weighted by Crippen LogP contribution is 2.31. The first-order chi connectivity index (χ1) is 15.4. The van der Waals surface area contributed by atoms with Gasteiger partial charge in [0.25, 0.3) is 0 Å². The number of nitrogens with one attached hydrogen (secondary N) is 2. The summed E-state index contributed by atoms with van der Waals surface area (Å²) in [5.41, 5.74) is 6.29. The zero-order valence-electron chi connectivity index (χ0n) is 17.6. The summed E-state index contributed by atoms with van der Waals surface area (Å²) in [6.45, 7) is 1.71. The van der Waals surface area contributed by atoms with E-state index in [9.17, 15) is 14.4 Å². The number of carboxylic acid groups (broad SMARTS) is 1. The molecule has 0 bridgehead atoms. The lowest BCUT2D eigenvalue weighted by molar-refractivity contribution is -0.133. The maximum atomic E-state index is 12.2. The third kappa shape index (κ3) is 5.49. The molecule has 1 amide bonds. The number of aliphatic carboxylic acids is 1. The van der Waals surface area contributed by atoms with Crippen molar-refractivity contribution in [3.05, 3.63) is 102 Å². The summed E-state index contributed by atoms with van der Waals surface area (Å²) < 4.78 is 0. The summed E-state index contributed by atoms with van der Waals surface area (Å²) in [5, 5.41) is 11.1. The van der Waals surface area contributed by atoms with E-state index in [2.05, 4.69) is 10.9 Å². The predicted octanol–water partition coefficient (Wildman–Crippen LogP) is 4.76. The highest BCUT2D eigenvalue weighted by molar-refractivity contribution is 5.98. The number of allylic oxidation sites excluding steroid dienone is 2. The van der Waals surface area contributed by atoms with Crippen LogP contribution in [-0.2, 0) is 9.59 Å². The lowest BCUT2D eigenvalue weighted by atomic mass is 9.79. The van der Waals surface area contributed by atoms with Crippen LogP contribution in [0.3, 0.4) is 0 Å². The van der Waals surface area contributed by atoms with E-state index in [1.165, 1.54) is 6.08 Å². The van der Waals surface area contributed by atoms with Crippen LogP contribution in [0.2, 0.25) is 0 Å². The van der Waals surface area contributed by atoms with Gasteiger partial charge >= 0.3 is 5.97 Å². The number of rotatable bonds is 5. The normalized spacial score (nSPS) is 16.8. The van der Waals surface area contributed by atoms with Crippen LogP contribution in [0.4, 0.5) is 5.69 Å². The minimum Gasteiger partial charge on any atom is -0.478 e. The minimum absolute atomic E-state index is 0.168. The van der Waals surface area contributed by atoms with Crippen LogP contribution in [-0.4, -0.2) is 23.3 Å². The molecule has 3 aromatic carbocycles.